The second-order valence-corrected chi connectivity index (χ2v) is 8.14. The van der Waals surface area contributed by atoms with Crippen LogP contribution in [-0.2, 0) is 6.54 Å². The quantitative estimate of drug-likeness (QED) is 0.848. The largest absolute Gasteiger partial charge is 0.495 e. The molecule has 2 bridgehead atoms. The van der Waals surface area contributed by atoms with E-state index in [-0.39, 0.29) is 5.56 Å². The molecule has 5 heteroatoms. The van der Waals surface area contributed by atoms with Gasteiger partial charge in [-0.2, -0.15) is 0 Å². The summed E-state index contributed by atoms with van der Waals surface area (Å²) in [6, 6.07) is 5.88. The van der Waals surface area contributed by atoms with Crippen LogP contribution in [0.3, 0.4) is 0 Å². The molecule has 0 radical (unpaired) electrons. The SMILES string of the molecule is COc1cncc(-c2cc3n(c(=O)c2)C[C@H]2C[C@@H]3CN(CC(C)C)C2)c1. The maximum Gasteiger partial charge on any atom is 0.251 e. The number of hydrogen-bond donors (Lipinski definition) is 0. The number of likely N-dealkylation sites (tertiary alicyclic amines) is 1. The molecule has 1 fully saturated rings. The average molecular weight is 353 g/mol. The minimum atomic E-state index is 0.104. The van der Waals surface area contributed by atoms with Crippen LogP contribution < -0.4 is 10.3 Å². The summed E-state index contributed by atoms with van der Waals surface area (Å²) in [7, 11) is 1.63. The number of piperidine rings is 1. The van der Waals surface area contributed by atoms with Gasteiger partial charge in [0.05, 0.1) is 13.3 Å². The fourth-order valence-corrected chi connectivity index (χ4v) is 4.58. The molecule has 4 heterocycles. The molecule has 138 valence electrons. The monoisotopic (exact) mass is 353 g/mol. The molecule has 0 aromatic carbocycles. The first-order valence-corrected chi connectivity index (χ1v) is 9.50. The van der Waals surface area contributed by atoms with Crippen molar-refractivity contribution < 1.29 is 4.74 Å². The van der Waals surface area contributed by atoms with E-state index in [0.717, 1.165) is 37.3 Å². The summed E-state index contributed by atoms with van der Waals surface area (Å²) in [6.07, 6.45) is 4.67. The molecule has 1 saturated heterocycles. The van der Waals surface area contributed by atoms with E-state index in [1.54, 1.807) is 25.6 Å². The van der Waals surface area contributed by atoms with Crippen molar-refractivity contribution in [1.82, 2.24) is 14.5 Å². The summed E-state index contributed by atoms with van der Waals surface area (Å²) in [6.45, 7) is 8.69. The molecular formula is C21H27N3O2. The normalized spacial score (nSPS) is 22.3. The third kappa shape index (κ3) is 3.28. The smallest absolute Gasteiger partial charge is 0.251 e. The first kappa shape index (κ1) is 17.3. The third-order valence-electron chi connectivity index (χ3n) is 5.54. The second kappa shape index (κ2) is 6.88. The number of nitrogens with zero attached hydrogens (tertiary/aromatic N) is 3. The molecule has 2 aromatic rings. The highest BCUT2D eigenvalue weighted by Gasteiger charge is 2.34. The minimum absolute atomic E-state index is 0.104. The van der Waals surface area contributed by atoms with E-state index in [1.807, 2.05) is 10.6 Å². The molecule has 0 unspecified atom stereocenters. The summed E-state index contributed by atoms with van der Waals surface area (Å²) in [5, 5.41) is 0. The van der Waals surface area contributed by atoms with E-state index in [9.17, 15) is 4.79 Å². The van der Waals surface area contributed by atoms with Gasteiger partial charge in [-0.25, -0.2) is 0 Å². The van der Waals surface area contributed by atoms with Gasteiger partial charge in [-0.1, -0.05) is 13.8 Å². The van der Waals surface area contributed by atoms with Gasteiger partial charge in [-0.15, -0.1) is 0 Å². The summed E-state index contributed by atoms with van der Waals surface area (Å²) in [5.74, 6) is 2.40. The fraction of sp³-hybridized carbons (Fsp3) is 0.524. The molecule has 4 rings (SSSR count). The molecule has 0 amide bonds. The molecule has 5 nitrogen and oxygen atoms in total. The Hall–Kier alpha value is -2.14. The number of rotatable bonds is 4. The molecule has 0 spiro atoms. The van der Waals surface area contributed by atoms with Gasteiger partial charge < -0.3 is 14.2 Å². The van der Waals surface area contributed by atoms with Crippen LogP contribution in [0.4, 0.5) is 0 Å². The highest BCUT2D eigenvalue weighted by Crippen LogP contribution is 2.36. The molecule has 0 aliphatic carbocycles. The number of fused-ring (bicyclic) bond motifs is 4. The predicted molar refractivity (Wildman–Crippen MR) is 103 cm³/mol. The minimum Gasteiger partial charge on any atom is -0.495 e. The first-order chi connectivity index (χ1) is 12.5. The van der Waals surface area contributed by atoms with Gasteiger partial charge in [-0.05, 0) is 36.0 Å². The molecule has 26 heavy (non-hydrogen) atoms. The van der Waals surface area contributed by atoms with Crippen molar-refractivity contribution in [3.63, 3.8) is 0 Å². The molecule has 2 atom stereocenters. The van der Waals surface area contributed by atoms with E-state index < -0.39 is 0 Å². The fourth-order valence-electron chi connectivity index (χ4n) is 4.58. The molecule has 0 N–H and O–H groups in total. The Bertz CT molecular complexity index is 859. The van der Waals surface area contributed by atoms with Crippen molar-refractivity contribution in [2.45, 2.75) is 32.7 Å². The van der Waals surface area contributed by atoms with Crippen molar-refractivity contribution in [2.24, 2.45) is 11.8 Å². The van der Waals surface area contributed by atoms with E-state index >= 15 is 0 Å². The van der Waals surface area contributed by atoms with Crippen LogP contribution in [0, 0.1) is 11.8 Å². The van der Waals surface area contributed by atoms with Gasteiger partial charge >= 0.3 is 0 Å². The van der Waals surface area contributed by atoms with Gasteiger partial charge in [-0.3, -0.25) is 9.78 Å². The third-order valence-corrected chi connectivity index (χ3v) is 5.54. The Labute approximate surface area is 154 Å². The predicted octanol–water partition coefficient (Wildman–Crippen LogP) is 2.99. The summed E-state index contributed by atoms with van der Waals surface area (Å²) >= 11 is 0. The number of aromatic nitrogens is 2. The number of ether oxygens (including phenoxy) is 1. The van der Waals surface area contributed by atoms with Crippen molar-refractivity contribution in [2.75, 3.05) is 26.7 Å². The van der Waals surface area contributed by atoms with E-state index in [2.05, 4.69) is 29.8 Å². The van der Waals surface area contributed by atoms with Crippen LogP contribution in [-0.4, -0.2) is 41.2 Å². The van der Waals surface area contributed by atoms with Crippen molar-refractivity contribution >= 4 is 0 Å². The zero-order valence-electron chi connectivity index (χ0n) is 15.8. The maximum absolute atomic E-state index is 12.8. The highest BCUT2D eigenvalue weighted by atomic mass is 16.5. The topological polar surface area (TPSA) is 47.4 Å². The Morgan fingerprint density at radius 2 is 2.00 bits per heavy atom. The van der Waals surface area contributed by atoms with Crippen LogP contribution >= 0.6 is 0 Å². The van der Waals surface area contributed by atoms with Gasteiger partial charge in [0.15, 0.2) is 0 Å². The molecule has 2 aliphatic heterocycles. The van der Waals surface area contributed by atoms with Gasteiger partial charge in [0.2, 0.25) is 0 Å². The summed E-state index contributed by atoms with van der Waals surface area (Å²) < 4.78 is 7.29. The Morgan fingerprint density at radius 3 is 2.77 bits per heavy atom. The highest BCUT2D eigenvalue weighted by molar-refractivity contribution is 5.64. The van der Waals surface area contributed by atoms with Gasteiger partial charge in [0.1, 0.15) is 5.75 Å². The van der Waals surface area contributed by atoms with Crippen molar-refractivity contribution in [1.29, 1.82) is 0 Å². The lowest BCUT2D eigenvalue weighted by molar-refractivity contribution is 0.109. The number of hydrogen-bond acceptors (Lipinski definition) is 4. The number of pyridine rings is 2. The average Bonchev–Trinajstić information content (AvgIpc) is 2.62. The standard InChI is InChI=1S/C21H27N3O2/c1-14(2)10-23-11-15-4-18(13-23)20-6-16(7-21(25)24(20)12-15)17-5-19(26-3)9-22-8-17/h5-9,14-15,18H,4,10-13H2,1-3H3/t15-,18+/m0/s1. The Morgan fingerprint density at radius 1 is 1.15 bits per heavy atom. The first-order valence-electron chi connectivity index (χ1n) is 9.50. The lowest BCUT2D eigenvalue weighted by Crippen LogP contribution is -2.48. The lowest BCUT2D eigenvalue weighted by atomic mass is 9.82. The van der Waals surface area contributed by atoms with Gasteiger partial charge in [0, 0.05) is 55.6 Å². The zero-order valence-corrected chi connectivity index (χ0v) is 15.8. The van der Waals surface area contributed by atoms with E-state index in [0.29, 0.717) is 23.5 Å². The Balaban J connectivity index is 1.71. The van der Waals surface area contributed by atoms with Crippen LogP contribution in [0.5, 0.6) is 5.75 Å². The molecule has 0 saturated carbocycles. The summed E-state index contributed by atoms with van der Waals surface area (Å²) in [5.41, 5.74) is 3.15. The van der Waals surface area contributed by atoms with Crippen LogP contribution in [0.25, 0.3) is 11.1 Å². The maximum atomic E-state index is 12.8. The molecule has 2 aromatic heterocycles. The van der Waals surface area contributed by atoms with E-state index in [4.69, 9.17) is 4.74 Å². The van der Waals surface area contributed by atoms with Crippen molar-refractivity contribution in [3.05, 3.63) is 46.6 Å². The molecule has 2 aliphatic rings. The second-order valence-electron chi connectivity index (χ2n) is 8.14. The van der Waals surface area contributed by atoms with E-state index in [1.165, 1.54) is 12.1 Å². The van der Waals surface area contributed by atoms with Crippen molar-refractivity contribution in [3.8, 4) is 16.9 Å². The zero-order chi connectivity index (χ0) is 18.3. The summed E-state index contributed by atoms with van der Waals surface area (Å²) in [4.78, 5) is 19.6. The number of methoxy groups -OCH3 is 1. The van der Waals surface area contributed by atoms with Crippen LogP contribution in [0.2, 0.25) is 0 Å². The Kier molecular flexibility index (Phi) is 4.57. The van der Waals surface area contributed by atoms with Crippen LogP contribution in [0.15, 0.2) is 35.4 Å². The van der Waals surface area contributed by atoms with Gasteiger partial charge in [0.25, 0.3) is 5.56 Å². The molecular weight excluding hydrogens is 326 g/mol. The van der Waals surface area contributed by atoms with Crippen LogP contribution in [0.1, 0.15) is 31.9 Å². The lowest BCUT2D eigenvalue weighted by Gasteiger charge is -2.43.